The molecule has 13 heteroatoms. The van der Waals surface area contributed by atoms with Gasteiger partial charge >= 0.3 is 241 Å². The van der Waals surface area contributed by atoms with Crippen molar-refractivity contribution in [2.45, 2.75) is 59.9 Å². The van der Waals surface area contributed by atoms with E-state index in [0.29, 0.717) is 37.1 Å². The molecule has 0 radical (unpaired) electrons. The molecule has 3 heterocycles. The molecule has 0 bridgehead atoms. The predicted octanol–water partition coefficient (Wildman–Crippen LogP) is 3.85. The summed E-state index contributed by atoms with van der Waals surface area (Å²) in [6.07, 6.45) is 5.78. The minimum atomic E-state index is -4.38. The van der Waals surface area contributed by atoms with Crippen LogP contribution in [0.25, 0.3) is 0 Å². The van der Waals surface area contributed by atoms with Gasteiger partial charge in [0.1, 0.15) is 0 Å². The van der Waals surface area contributed by atoms with Gasteiger partial charge in [0.15, 0.2) is 0 Å². The first-order valence-corrected chi connectivity index (χ1v) is 17.0. The fourth-order valence-corrected chi connectivity index (χ4v) is 6.79. The SMILES string of the molecule is CCCOCc1cc(=O)c([O][In]([O]c2coc(COCCC)cc2=O)[O]c2coc(COCCC)cc2=O)co1. The maximum atomic E-state index is 12.7. The summed E-state index contributed by atoms with van der Waals surface area (Å²) >= 11 is -4.38. The Balaban J connectivity index is 1.81. The van der Waals surface area contributed by atoms with Crippen LogP contribution in [0.1, 0.15) is 57.3 Å². The van der Waals surface area contributed by atoms with E-state index in [1.807, 2.05) is 20.8 Å². The Hall–Kier alpha value is -3.00. The quantitative estimate of drug-likeness (QED) is 0.182. The number of ether oxygens (including phenoxy) is 3. The molecule has 0 aliphatic rings. The Kier molecular flexibility index (Phi) is 13.4. The van der Waals surface area contributed by atoms with E-state index in [-0.39, 0.29) is 37.1 Å². The molecule has 0 amide bonds. The molecule has 216 valence electrons. The summed E-state index contributed by atoms with van der Waals surface area (Å²) in [5, 5.41) is 0. The molecule has 0 saturated carbocycles. The van der Waals surface area contributed by atoms with Crippen LogP contribution in [0.5, 0.6) is 17.2 Å². The van der Waals surface area contributed by atoms with E-state index in [9.17, 15) is 14.4 Å². The molecule has 40 heavy (non-hydrogen) atoms. The predicted molar refractivity (Wildman–Crippen MR) is 142 cm³/mol. The van der Waals surface area contributed by atoms with Crippen LogP contribution in [0.2, 0.25) is 0 Å². The molecule has 0 fully saturated rings. The van der Waals surface area contributed by atoms with Gasteiger partial charge in [0, 0.05) is 0 Å². The van der Waals surface area contributed by atoms with Crippen LogP contribution < -0.4 is 24.8 Å². The molecule has 3 rings (SSSR count). The van der Waals surface area contributed by atoms with Gasteiger partial charge in [-0.25, -0.2) is 0 Å². The first-order chi connectivity index (χ1) is 19.4. The topological polar surface area (TPSA) is 146 Å². The summed E-state index contributed by atoms with van der Waals surface area (Å²) < 4.78 is 49.8. The zero-order chi connectivity index (χ0) is 28.7. The molecule has 0 unspecified atom stereocenters. The van der Waals surface area contributed by atoms with E-state index in [0.717, 1.165) is 38.1 Å². The van der Waals surface area contributed by atoms with Crippen molar-refractivity contribution in [2.24, 2.45) is 0 Å². The second-order valence-electron chi connectivity index (χ2n) is 8.52. The normalized spacial score (nSPS) is 10.9. The third kappa shape index (κ3) is 10.2. The molecule has 0 saturated heterocycles. The Labute approximate surface area is 240 Å². The molecule has 0 aromatic carbocycles. The summed E-state index contributed by atoms with van der Waals surface area (Å²) in [4.78, 5) is 38.0. The third-order valence-electron chi connectivity index (χ3n) is 5.00. The van der Waals surface area contributed by atoms with Crippen molar-refractivity contribution in [1.29, 1.82) is 0 Å². The van der Waals surface area contributed by atoms with Crippen LogP contribution >= 0.6 is 0 Å². The molecule has 0 N–H and O–H groups in total. The molecule has 0 aliphatic carbocycles. The fourth-order valence-electron chi connectivity index (χ4n) is 3.14. The van der Waals surface area contributed by atoms with Crippen LogP contribution in [0.3, 0.4) is 0 Å². The van der Waals surface area contributed by atoms with Crippen molar-refractivity contribution >= 4 is 22.7 Å². The van der Waals surface area contributed by atoms with Crippen LogP contribution in [0, 0.1) is 0 Å². The average Bonchev–Trinajstić information content (AvgIpc) is 2.93. The molecule has 3 aromatic rings. The first-order valence-electron chi connectivity index (χ1n) is 13.0. The minimum absolute atomic E-state index is 0.119. The summed E-state index contributed by atoms with van der Waals surface area (Å²) in [5.74, 6) is 0.307. The van der Waals surface area contributed by atoms with Gasteiger partial charge in [0.05, 0.1) is 0 Å². The van der Waals surface area contributed by atoms with Crippen molar-refractivity contribution in [1.82, 2.24) is 0 Å². The Morgan fingerprint density at radius 3 is 1.10 bits per heavy atom. The van der Waals surface area contributed by atoms with Crippen LogP contribution in [-0.4, -0.2) is 42.6 Å². The van der Waals surface area contributed by atoms with Gasteiger partial charge in [0.25, 0.3) is 0 Å². The van der Waals surface area contributed by atoms with Gasteiger partial charge in [-0.15, -0.1) is 0 Å². The van der Waals surface area contributed by atoms with Gasteiger partial charge in [-0.2, -0.15) is 0 Å². The van der Waals surface area contributed by atoms with Crippen LogP contribution in [0.15, 0.2) is 64.6 Å². The van der Waals surface area contributed by atoms with E-state index >= 15 is 0 Å². The van der Waals surface area contributed by atoms with E-state index < -0.39 is 39.0 Å². The average molecular weight is 664 g/mol. The fraction of sp³-hybridized carbons (Fsp3) is 0.444. The summed E-state index contributed by atoms with van der Waals surface area (Å²) in [6, 6.07) is 3.69. The molecule has 12 nitrogen and oxygen atoms in total. The molecule has 3 aromatic heterocycles. The molecular formula is C27H33InO12. The van der Waals surface area contributed by atoms with Crippen molar-refractivity contribution < 1.29 is 36.0 Å². The second kappa shape index (κ2) is 17.0. The number of hydrogen-bond donors (Lipinski definition) is 0. The summed E-state index contributed by atoms with van der Waals surface area (Å²) in [7, 11) is 0. The molecular weight excluding hydrogens is 631 g/mol. The van der Waals surface area contributed by atoms with Gasteiger partial charge in [-0.1, -0.05) is 0 Å². The van der Waals surface area contributed by atoms with Gasteiger partial charge in [-0.05, 0) is 0 Å². The standard InChI is InChI=1S/3C9H12O4.In/c3*1-2-3-12-5-7-4-8(10)9(11)6-13-7;/h3*4,6,11H,2-3,5H2,1H3;/q;;;+3/p-3. The maximum absolute atomic E-state index is 12.7. The van der Waals surface area contributed by atoms with Crippen LogP contribution in [0.4, 0.5) is 0 Å². The number of rotatable bonds is 18. The van der Waals surface area contributed by atoms with E-state index in [1.165, 1.54) is 18.2 Å². The Bertz CT molecular complexity index is 1200. The zero-order valence-electron chi connectivity index (χ0n) is 22.8. The summed E-state index contributed by atoms with van der Waals surface area (Å²) in [5.41, 5.74) is -1.54. The monoisotopic (exact) mass is 664 g/mol. The third-order valence-corrected chi connectivity index (χ3v) is 8.83. The Morgan fingerprint density at radius 1 is 0.550 bits per heavy atom. The molecule has 0 spiro atoms. The van der Waals surface area contributed by atoms with Crippen molar-refractivity contribution in [3.8, 4) is 17.2 Å². The van der Waals surface area contributed by atoms with Crippen molar-refractivity contribution in [3.05, 3.63) is 84.9 Å². The van der Waals surface area contributed by atoms with Crippen molar-refractivity contribution in [3.63, 3.8) is 0 Å². The van der Waals surface area contributed by atoms with Crippen molar-refractivity contribution in [2.75, 3.05) is 19.8 Å². The number of hydrogen-bond acceptors (Lipinski definition) is 12. The van der Waals surface area contributed by atoms with Gasteiger partial charge < -0.3 is 0 Å². The molecule has 0 atom stereocenters. The summed E-state index contributed by atoms with van der Waals surface area (Å²) in [6.45, 7) is 7.78. The molecule has 0 aliphatic heterocycles. The zero-order valence-corrected chi connectivity index (χ0v) is 26.1. The Morgan fingerprint density at radius 2 is 0.850 bits per heavy atom. The van der Waals surface area contributed by atoms with E-state index in [4.69, 9.17) is 36.0 Å². The van der Waals surface area contributed by atoms with Gasteiger partial charge in [0.2, 0.25) is 0 Å². The van der Waals surface area contributed by atoms with E-state index in [2.05, 4.69) is 0 Å². The second-order valence-corrected chi connectivity index (χ2v) is 12.2. The van der Waals surface area contributed by atoms with E-state index in [1.54, 1.807) is 0 Å². The van der Waals surface area contributed by atoms with Crippen LogP contribution in [-0.2, 0) is 34.0 Å². The van der Waals surface area contributed by atoms with Gasteiger partial charge in [-0.3, -0.25) is 0 Å². The first kappa shape index (κ1) is 31.5.